The number of hydrogen-bond acceptors (Lipinski definition) is 6. The van der Waals surface area contributed by atoms with E-state index in [1.165, 1.54) is 23.1 Å². The highest BCUT2D eigenvalue weighted by Crippen LogP contribution is 2.42. The lowest BCUT2D eigenvalue weighted by Gasteiger charge is -2.28. The van der Waals surface area contributed by atoms with Crippen molar-refractivity contribution in [3.05, 3.63) is 74.6 Å². The lowest BCUT2D eigenvalue weighted by atomic mass is 9.86. The van der Waals surface area contributed by atoms with Crippen LogP contribution in [-0.4, -0.2) is 11.7 Å². The third-order valence-electron chi connectivity index (χ3n) is 4.03. The van der Waals surface area contributed by atoms with Crippen molar-refractivity contribution < 1.29 is 4.79 Å². The summed E-state index contributed by atoms with van der Waals surface area (Å²) >= 11 is 2.78. The molecule has 1 aliphatic heterocycles. The molecule has 5 nitrogen and oxygen atoms in total. The average molecular weight is 393 g/mol. The Kier molecular flexibility index (Phi) is 5.97. The zero-order valence-electron chi connectivity index (χ0n) is 14.5. The average Bonchev–Trinajstić information content (AvgIpc) is 3.20. The molecule has 0 aliphatic carbocycles. The zero-order chi connectivity index (χ0) is 19.2. The number of nitrogens with zero attached hydrogens (tertiary/aromatic N) is 2. The number of thiophene rings is 1. The molecule has 0 spiro atoms. The highest BCUT2D eigenvalue weighted by molar-refractivity contribution is 8.03. The standard InChI is InChI=1S/C20H16N4OS2/c1-13-17(19(25)24-14-6-3-2-4-7-14)18(16-8-5-10-26-16)15(12-22)20(23-13)27-11-9-21/h2-8,10,18,23H,11H2,1H3,(H,24,25)/t18-/m0/s1. The molecule has 2 heterocycles. The first-order valence-corrected chi connectivity index (χ1v) is 10.0. The number of hydrogen-bond donors (Lipinski definition) is 2. The van der Waals surface area contributed by atoms with E-state index in [0.29, 0.717) is 27.6 Å². The number of nitriles is 2. The Morgan fingerprint density at radius 1 is 1.26 bits per heavy atom. The summed E-state index contributed by atoms with van der Waals surface area (Å²) in [4.78, 5) is 14.0. The summed E-state index contributed by atoms with van der Waals surface area (Å²) in [5.74, 6) is -0.480. The molecular formula is C20H16N4OS2. The first-order valence-electron chi connectivity index (χ1n) is 8.17. The summed E-state index contributed by atoms with van der Waals surface area (Å²) in [5, 5.41) is 27.3. The van der Waals surface area contributed by atoms with Crippen LogP contribution in [0.25, 0.3) is 0 Å². The maximum atomic E-state index is 13.1. The van der Waals surface area contributed by atoms with E-state index in [1.807, 2.05) is 54.8 Å². The Bertz CT molecular complexity index is 979. The van der Waals surface area contributed by atoms with Crippen LogP contribution in [0.4, 0.5) is 5.69 Å². The van der Waals surface area contributed by atoms with E-state index in [-0.39, 0.29) is 11.7 Å². The first-order chi connectivity index (χ1) is 13.2. The molecule has 134 valence electrons. The van der Waals surface area contributed by atoms with Crippen molar-refractivity contribution in [2.24, 2.45) is 0 Å². The molecular weight excluding hydrogens is 376 g/mol. The monoisotopic (exact) mass is 392 g/mol. The van der Waals surface area contributed by atoms with Crippen molar-refractivity contribution in [3.63, 3.8) is 0 Å². The fourth-order valence-electron chi connectivity index (χ4n) is 2.89. The first kappa shape index (κ1) is 18.8. The molecule has 2 aromatic rings. The van der Waals surface area contributed by atoms with Gasteiger partial charge in [-0.3, -0.25) is 4.79 Å². The number of para-hydroxylation sites is 1. The quantitative estimate of drug-likeness (QED) is 0.790. The van der Waals surface area contributed by atoms with E-state index in [4.69, 9.17) is 5.26 Å². The predicted molar refractivity (Wildman–Crippen MR) is 109 cm³/mol. The molecule has 2 N–H and O–H groups in total. The molecule has 1 aliphatic rings. The summed E-state index contributed by atoms with van der Waals surface area (Å²) in [6.45, 7) is 1.82. The van der Waals surface area contributed by atoms with Crippen LogP contribution in [0.2, 0.25) is 0 Å². The van der Waals surface area contributed by atoms with E-state index in [1.54, 1.807) is 0 Å². The van der Waals surface area contributed by atoms with Gasteiger partial charge in [0.1, 0.15) is 0 Å². The van der Waals surface area contributed by atoms with Gasteiger partial charge in [-0.25, -0.2) is 0 Å². The van der Waals surface area contributed by atoms with Gasteiger partial charge in [-0.2, -0.15) is 10.5 Å². The maximum Gasteiger partial charge on any atom is 0.254 e. The van der Waals surface area contributed by atoms with Gasteiger partial charge in [-0.1, -0.05) is 36.0 Å². The number of nitrogens with one attached hydrogen (secondary N) is 2. The van der Waals surface area contributed by atoms with E-state index >= 15 is 0 Å². The van der Waals surface area contributed by atoms with Crippen LogP contribution >= 0.6 is 23.1 Å². The van der Waals surface area contributed by atoms with Gasteiger partial charge < -0.3 is 10.6 Å². The van der Waals surface area contributed by atoms with Gasteiger partial charge in [-0.05, 0) is 30.5 Å². The summed E-state index contributed by atoms with van der Waals surface area (Å²) in [7, 11) is 0. The minimum Gasteiger partial charge on any atom is -0.353 e. The lowest BCUT2D eigenvalue weighted by molar-refractivity contribution is -0.113. The Labute approximate surface area is 166 Å². The summed E-state index contributed by atoms with van der Waals surface area (Å²) in [5.41, 5.74) is 2.35. The Balaban J connectivity index is 2.02. The van der Waals surface area contributed by atoms with Crippen LogP contribution in [0.1, 0.15) is 17.7 Å². The molecule has 1 aromatic heterocycles. The molecule has 27 heavy (non-hydrogen) atoms. The highest BCUT2D eigenvalue weighted by Gasteiger charge is 2.35. The normalized spacial score (nSPS) is 16.3. The molecule has 7 heteroatoms. The van der Waals surface area contributed by atoms with E-state index in [0.717, 1.165) is 4.88 Å². The van der Waals surface area contributed by atoms with Crippen molar-refractivity contribution in [3.8, 4) is 12.1 Å². The van der Waals surface area contributed by atoms with E-state index in [2.05, 4.69) is 22.8 Å². The number of anilines is 1. The van der Waals surface area contributed by atoms with Crippen LogP contribution in [0.3, 0.4) is 0 Å². The molecule has 0 radical (unpaired) electrons. The Morgan fingerprint density at radius 3 is 2.67 bits per heavy atom. The second-order valence-electron chi connectivity index (χ2n) is 5.73. The number of carbonyl (C=O) groups is 1. The summed E-state index contributed by atoms with van der Waals surface area (Å²) in [6.07, 6.45) is 0. The van der Waals surface area contributed by atoms with Crippen LogP contribution in [0, 0.1) is 22.7 Å². The fraction of sp³-hybridized carbons (Fsp3) is 0.150. The minimum atomic E-state index is -0.457. The fourth-order valence-corrected chi connectivity index (χ4v) is 4.49. The van der Waals surface area contributed by atoms with Crippen molar-refractivity contribution >= 4 is 34.7 Å². The maximum absolute atomic E-state index is 13.1. The molecule has 3 rings (SSSR count). The summed E-state index contributed by atoms with van der Waals surface area (Å²) in [6, 6.07) is 17.4. The molecule has 1 amide bonds. The largest absolute Gasteiger partial charge is 0.353 e. The Hall–Kier alpha value is -3.00. The van der Waals surface area contributed by atoms with E-state index < -0.39 is 5.92 Å². The second-order valence-corrected chi connectivity index (χ2v) is 7.70. The van der Waals surface area contributed by atoms with Crippen molar-refractivity contribution in [2.45, 2.75) is 12.8 Å². The van der Waals surface area contributed by atoms with Gasteiger partial charge in [-0.15, -0.1) is 11.3 Å². The third kappa shape index (κ3) is 4.06. The zero-order valence-corrected chi connectivity index (χ0v) is 16.2. The third-order valence-corrected chi connectivity index (χ3v) is 5.85. The smallest absolute Gasteiger partial charge is 0.254 e. The molecule has 0 bridgehead atoms. The molecule has 1 aromatic carbocycles. The number of dihydropyridines is 1. The number of rotatable bonds is 5. The lowest BCUT2D eigenvalue weighted by Crippen LogP contribution is -2.30. The van der Waals surface area contributed by atoms with Gasteiger partial charge in [0.25, 0.3) is 5.91 Å². The minimum absolute atomic E-state index is 0.226. The number of carbonyl (C=O) groups excluding carboxylic acids is 1. The van der Waals surface area contributed by atoms with Gasteiger partial charge in [0.05, 0.1) is 34.4 Å². The molecule has 0 saturated carbocycles. The van der Waals surface area contributed by atoms with Crippen molar-refractivity contribution in [2.75, 3.05) is 11.1 Å². The molecule has 1 atom stereocenters. The number of thioether (sulfide) groups is 1. The number of amides is 1. The van der Waals surface area contributed by atoms with Gasteiger partial charge >= 0.3 is 0 Å². The van der Waals surface area contributed by atoms with Gasteiger partial charge in [0, 0.05) is 21.8 Å². The number of benzene rings is 1. The van der Waals surface area contributed by atoms with Crippen LogP contribution in [0.15, 0.2) is 69.7 Å². The topological polar surface area (TPSA) is 88.7 Å². The summed E-state index contributed by atoms with van der Waals surface area (Å²) < 4.78 is 0. The van der Waals surface area contributed by atoms with Gasteiger partial charge in [0.2, 0.25) is 0 Å². The molecule has 0 saturated heterocycles. The van der Waals surface area contributed by atoms with Crippen LogP contribution in [-0.2, 0) is 4.79 Å². The van der Waals surface area contributed by atoms with Crippen LogP contribution in [0.5, 0.6) is 0 Å². The molecule has 0 fully saturated rings. The highest BCUT2D eigenvalue weighted by atomic mass is 32.2. The van der Waals surface area contributed by atoms with E-state index in [9.17, 15) is 10.1 Å². The second kappa shape index (κ2) is 8.59. The number of allylic oxidation sites excluding steroid dienone is 2. The van der Waals surface area contributed by atoms with Crippen molar-refractivity contribution in [1.82, 2.24) is 5.32 Å². The predicted octanol–water partition coefficient (Wildman–Crippen LogP) is 4.34. The Morgan fingerprint density at radius 2 is 2.04 bits per heavy atom. The molecule has 0 unspecified atom stereocenters. The van der Waals surface area contributed by atoms with Crippen LogP contribution < -0.4 is 10.6 Å². The SMILES string of the molecule is CC1=C(C(=O)Nc2ccccc2)[C@H](c2cccs2)C(C#N)=C(SCC#N)N1. The van der Waals surface area contributed by atoms with Crippen molar-refractivity contribution in [1.29, 1.82) is 10.5 Å². The van der Waals surface area contributed by atoms with Gasteiger partial charge in [0.15, 0.2) is 0 Å².